The minimum Gasteiger partial charge on any atom is -0.378 e. The molecule has 0 radical (unpaired) electrons. The van der Waals surface area contributed by atoms with Crippen molar-refractivity contribution in [1.29, 1.82) is 0 Å². The van der Waals surface area contributed by atoms with Crippen LogP contribution in [-0.2, 0) is 9.53 Å². The van der Waals surface area contributed by atoms with Gasteiger partial charge in [-0.3, -0.25) is 4.79 Å². The van der Waals surface area contributed by atoms with Gasteiger partial charge in [0.15, 0.2) is 0 Å². The SMILES string of the molecule is CCC1CCCC(OCCC(C)(N)C(N)=O)C1. The average Bonchev–Trinajstić information content (AvgIpc) is 2.29. The second-order valence-corrected chi connectivity index (χ2v) is 5.47. The fourth-order valence-corrected chi connectivity index (χ4v) is 2.32. The van der Waals surface area contributed by atoms with Gasteiger partial charge in [-0.1, -0.05) is 26.2 Å². The molecule has 4 nitrogen and oxygen atoms in total. The Balaban J connectivity index is 2.24. The molecule has 0 aromatic heterocycles. The Bertz CT molecular complexity index is 254. The molecule has 0 heterocycles. The Kier molecular flexibility index (Phi) is 5.40. The van der Waals surface area contributed by atoms with Crippen molar-refractivity contribution in [1.82, 2.24) is 0 Å². The van der Waals surface area contributed by atoms with Crippen LogP contribution in [0.2, 0.25) is 0 Å². The minimum absolute atomic E-state index is 0.345. The summed E-state index contributed by atoms with van der Waals surface area (Å²) in [6.45, 7) is 4.42. The van der Waals surface area contributed by atoms with Gasteiger partial charge in [0.1, 0.15) is 0 Å². The van der Waals surface area contributed by atoms with Crippen LogP contribution in [0, 0.1) is 5.92 Å². The van der Waals surface area contributed by atoms with E-state index in [-0.39, 0.29) is 0 Å². The lowest BCUT2D eigenvalue weighted by molar-refractivity contribution is -0.123. The number of nitrogens with two attached hydrogens (primary N) is 2. The summed E-state index contributed by atoms with van der Waals surface area (Å²) in [4.78, 5) is 11.0. The van der Waals surface area contributed by atoms with Crippen molar-refractivity contribution in [3.8, 4) is 0 Å². The fraction of sp³-hybridized carbons (Fsp3) is 0.923. The monoisotopic (exact) mass is 242 g/mol. The van der Waals surface area contributed by atoms with Gasteiger partial charge in [0.25, 0.3) is 0 Å². The molecule has 0 bridgehead atoms. The van der Waals surface area contributed by atoms with Gasteiger partial charge in [0.05, 0.1) is 11.6 Å². The second kappa shape index (κ2) is 6.36. The topological polar surface area (TPSA) is 78.3 Å². The highest BCUT2D eigenvalue weighted by Gasteiger charge is 2.26. The summed E-state index contributed by atoms with van der Waals surface area (Å²) in [7, 11) is 0. The summed E-state index contributed by atoms with van der Waals surface area (Å²) >= 11 is 0. The van der Waals surface area contributed by atoms with Crippen molar-refractivity contribution in [2.45, 2.75) is 64.0 Å². The number of ether oxygens (including phenoxy) is 1. The number of rotatable bonds is 6. The molecule has 3 unspecified atom stereocenters. The van der Waals surface area contributed by atoms with E-state index >= 15 is 0 Å². The predicted octanol–water partition coefficient (Wildman–Crippen LogP) is 1.56. The first-order chi connectivity index (χ1) is 7.95. The molecule has 1 rings (SSSR count). The van der Waals surface area contributed by atoms with Crippen LogP contribution in [-0.4, -0.2) is 24.2 Å². The van der Waals surface area contributed by atoms with Gasteiger partial charge >= 0.3 is 0 Å². The summed E-state index contributed by atoms with van der Waals surface area (Å²) in [5, 5.41) is 0. The number of carbonyl (C=O) groups is 1. The zero-order chi connectivity index (χ0) is 12.9. The Hall–Kier alpha value is -0.610. The van der Waals surface area contributed by atoms with Gasteiger partial charge in [0.2, 0.25) is 5.91 Å². The van der Waals surface area contributed by atoms with Gasteiger partial charge in [-0.15, -0.1) is 0 Å². The van der Waals surface area contributed by atoms with E-state index in [0.717, 1.165) is 18.8 Å². The summed E-state index contributed by atoms with van der Waals surface area (Å²) in [6.07, 6.45) is 6.93. The van der Waals surface area contributed by atoms with Crippen molar-refractivity contribution < 1.29 is 9.53 Å². The summed E-state index contributed by atoms with van der Waals surface area (Å²) in [6, 6.07) is 0. The van der Waals surface area contributed by atoms with Crippen LogP contribution in [0.1, 0.15) is 52.4 Å². The Labute approximate surface area is 104 Å². The summed E-state index contributed by atoms with van der Waals surface area (Å²) in [5.41, 5.74) is 10.0. The molecular formula is C13H26N2O2. The van der Waals surface area contributed by atoms with E-state index in [9.17, 15) is 4.79 Å². The molecule has 17 heavy (non-hydrogen) atoms. The van der Waals surface area contributed by atoms with Crippen molar-refractivity contribution in [2.24, 2.45) is 17.4 Å². The number of hydrogen-bond acceptors (Lipinski definition) is 3. The quantitative estimate of drug-likeness (QED) is 0.742. The van der Waals surface area contributed by atoms with E-state index in [0.29, 0.717) is 19.1 Å². The lowest BCUT2D eigenvalue weighted by Crippen LogP contribution is -2.50. The van der Waals surface area contributed by atoms with Crippen molar-refractivity contribution in [2.75, 3.05) is 6.61 Å². The van der Waals surface area contributed by atoms with Gasteiger partial charge in [-0.2, -0.15) is 0 Å². The standard InChI is InChI=1S/C13H26N2O2/c1-3-10-5-4-6-11(9-10)17-8-7-13(2,15)12(14)16/h10-11H,3-9,15H2,1-2H3,(H2,14,16). The van der Waals surface area contributed by atoms with E-state index in [2.05, 4.69) is 6.92 Å². The average molecular weight is 242 g/mol. The molecule has 3 atom stereocenters. The van der Waals surface area contributed by atoms with Crippen molar-refractivity contribution in [3.63, 3.8) is 0 Å². The van der Waals surface area contributed by atoms with E-state index in [1.165, 1.54) is 19.3 Å². The Morgan fingerprint density at radius 3 is 2.76 bits per heavy atom. The third kappa shape index (κ3) is 4.64. The van der Waals surface area contributed by atoms with Crippen molar-refractivity contribution >= 4 is 5.91 Å². The highest BCUT2D eigenvalue weighted by Crippen LogP contribution is 2.28. The highest BCUT2D eigenvalue weighted by atomic mass is 16.5. The largest absolute Gasteiger partial charge is 0.378 e. The molecule has 0 aromatic rings. The van der Waals surface area contributed by atoms with Crippen LogP contribution in [0.15, 0.2) is 0 Å². The number of amides is 1. The van der Waals surface area contributed by atoms with E-state index in [1.54, 1.807) is 6.92 Å². The molecule has 1 saturated carbocycles. The molecule has 0 saturated heterocycles. The lowest BCUT2D eigenvalue weighted by Gasteiger charge is -2.29. The third-order valence-electron chi connectivity index (χ3n) is 3.85. The molecule has 1 fully saturated rings. The molecule has 1 aliphatic rings. The maximum Gasteiger partial charge on any atom is 0.237 e. The first-order valence-electron chi connectivity index (χ1n) is 6.66. The zero-order valence-corrected chi connectivity index (χ0v) is 11.1. The van der Waals surface area contributed by atoms with Gasteiger partial charge in [-0.05, 0) is 32.1 Å². The summed E-state index contributed by atoms with van der Waals surface area (Å²) < 4.78 is 5.81. The van der Waals surface area contributed by atoms with Crippen LogP contribution in [0.3, 0.4) is 0 Å². The molecule has 4 N–H and O–H groups in total. The smallest absolute Gasteiger partial charge is 0.237 e. The Morgan fingerprint density at radius 1 is 1.47 bits per heavy atom. The molecule has 0 spiro atoms. The van der Waals surface area contributed by atoms with Gasteiger partial charge in [-0.25, -0.2) is 0 Å². The molecule has 1 aliphatic carbocycles. The molecule has 4 heteroatoms. The zero-order valence-electron chi connectivity index (χ0n) is 11.1. The van der Waals surface area contributed by atoms with Crippen LogP contribution in [0.5, 0.6) is 0 Å². The van der Waals surface area contributed by atoms with Crippen LogP contribution in [0.25, 0.3) is 0 Å². The van der Waals surface area contributed by atoms with Crippen LogP contribution >= 0.6 is 0 Å². The van der Waals surface area contributed by atoms with Crippen LogP contribution in [0.4, 0.5) is 0 Å². The second-order valence-electron chi connectivity index (χ2n) is 5.47. The first-order valence-corrected chi connectivity index (χ1v) is 6.66. The first kappa shape index (κ1) is 14.5. The third-order valence-corrected chi connectivity index (χ3v) is 3.85. The lowest BCUT2D eigenvalue weighted by atomic mass is 9.85. The van der Waals surface area contributed by atoms with Crippen molar-refractivity contribution in [3.05, 3.63) is 0 Å². The molecular weight excluding hydrogens is 216 g/mol. The fourth-order valence-electron chi connectivity index (χ4n) is 2.32. The molecule has 1 amide bonds. The maximum atomic E-state index is 11.0. The van der Waals surface area contributed by atoms with Gasteiger partial charge in [0, 0.05) is 6.61 Å². The van der Waals surface area contributed by atoms with E-state index in [1.807, 2.05) is 0 Å². The predicted molar refractivity (Wildman–Crippen MR) is 68.4 cm³/mol. The Morgan fingerprint density at radius 2 is 2.18 bits per heavy atom. The normalized spacial score (nSPS) is 28.6. The summed E-state index contributed by atoms with van der Waals surface area (Å²) in [5.74, 6) is 0.338. The van der Waals surface area contributed by atoms with Gasteiger partial charge < -0.3 is 16.2 Å². The molecule has 100 valence electrons. The van der Waals surface area contributed by atoms with Crippen LogP contribution < -0.4 is 11.5 Å². The highest BCUT2D eigenvalue weighted by molar-refractivity contribution is 5.83. The molecule has 0 aliphatic heterocycles. The van der Waals surface area contributed by atoms with E-state index < -0.39 is 11.4 Å². The number of carbonyl (C=O) groups excluding carboxylic acids is 1. The molecule has 0 aromatic carbocycles. The maximum absolute atomic E-state index is 11.0. The van der Waals surface area contributed by atoms with E-state index in [4.69, 9.17) is 16.2 Å². The number of primary amides is 1. The number of hydrogen-bond donors (Lipinski definition) is 2. The minimum atomic E-state index is -0.946.